The number of nitrogens with one attached hydrogen (secondary N) is 1. The molecule has 0 spiro atoms. The second-order valence-electron chi connectivity index (χ2n) is 5.99. The van der Waals surface area contributed by atoms with E-state index in [1.165, 1.54) is 32.1 Å². The smallest absolute Gasteiger partial charge is 0.225 e. The summed E-state index contributed by atoms with van der Waals surface area (Å²) >= 11 is 0. The Morgan fingerprint density at radius 3 is 2.20 bits per heavy atom. The number of carbonyl (C=O) groups excluding carboxylic acids is 1. The number of rotatable bonds is 3. The topological polar surface area (TPSA) is 29.1 Å². The summed E-state index contributed by atoms with van der Waals surface area (Å²) in [6.07, 6.45) is 6.43. The summed E-state index contributed by atoms with van der Waals surface area (Å²) in [4.78, 5) is 11.8. The molecule has 1 fully saturated rings. The van der Waals surface area contributed by atoms with Crippen molar-refractivity contribution in [2.75, 3.05) is 6.54 Å². The first-order valence-electron chi connectivity index (χ1n) is 6.18. The molecule has 1 aliphatic carbocycles. The molecule has 15 heavy (non-hydrogen) atoms. The van der Waals surface area contributed by atoms with Gasteiger partial charge >= 0.3 is 0 Å². The average Bonchev–Trinajstić information content (AvgIpc) is 2.62. The van der Waals surface area contributed by atoms with Gasteiger partial charge in [-0.2, -0.15) is 0 Å². The number of hydrogen-bond donors (Lipinski definition) is 1. The third-order valence-electron chi connectivity index (χ3n) is 3.72. The van der Waals surface area contributed by atoms with Gasteiger partial charge in [-0.15, -0.1) is 0 Å². The summed E-state index contributed by atoms with van der Waals surface area (Å²) in [5, 5.41) is 3.12. The fraction of sp³-hybridized carbons (Fsp3) is 0.923. The van der Waals surface area contributed by atoms with Crippen molar-refractivity contribution < 1.29 is 4.79 Å². The summed E-state index contributed by atoms with van der Waals surface area (Å²) in [5.41, 5.74) is 0.147. The first kappa shape index (κ1) is 12.5. The van der Waals surface area contributed by atoms with E-state index in [4.69, 9.17) is 0 Å². The predicted octanol–water partition coefficient (Wildman–Crippen LogP) is 3.12. The van der Waals surface area contributed by atoms with Gasteiger partial charge in [0.25, 0.3) is 0 Å². The summed E-state index contributed by atoms with van der Waals surface area (Å²) in [6.45, 7) is 9.02. The molecule has 0 heterocycles. The maximum atomic E-state index is 11.8. The van der Waals surface area contributed by atoms with Crippen molar-refractivity contribution in [3.05, 3.63) is 0 Å². The highest BCUT2D eigenvalue weighted by Gasteiger charge is 2.33. The summed E-state index contributed by atoms with van der Waals surface area (Å²) in [6, 6.07) is 0. The lowest BCUT2D eigenvalue weighted by molar-refractivity contribution is -0.129. The number of hydrogen-bond acceptors (Lipinski definition) is 1. The molecule has 1 amide bonds. The highest BCUT2D eigenvalue weighted by atomic mass is 16.2. The van der Waals surface area contributed by atoms with E-state index in [9.17, 15) is 4.79 Å². The van der Waals surface area contributed by atoms with Crippen LogP contribution in [0.5, 0.6) is 0 Å². The molecule has 1 N–H and O–H groups in total. The van der Waals surface area contributed by atoms with Crippen LogP contribution in [0.1, 0.15) is 59.8 Å². The molecule has 0 bridgehead atoms. The highest BCUT2D eigenvalue weighted by molar-refractivity contribution is 5.81. The number of carbonyl (C=O) groups is 1. The lowest BCUT2D eigenvalue weighted by atomic mass is 9.83. The quantitative estimate of drug-likeness (QED) is 0.763. The lowest BCUT2D eigenvalue weighted by Crippen LogP contribution is -2.41. The van der Waals surface area contributed by atoms with Crippen LogP contribution in [0.2, 0.25) is 0 Å². The molecule has 0 aromatic rings. The van der Waals surface area contributed by atoms with Crippen molar-refractivity contribution in [1.29, 1.82) is 0 Å². The van der Waals surface area contributed by atoms with Crippen molar-refractivity contribution >= 4 is 5.91 Å². The summed E-state index contributed by atoms with van der Waals surface area (Å²) in [7, 11) is 0. The predicted molar refractivity (Wildman–Crippen MR) is 63.7 cm³/mol. The molecule has 0 saturated heterocycles. The average molecular weight is 211 g/mol. The Bertz CT molecular complexity index is 221. The second kappa shape index (κ2) is 4.54. The van der Waals surface area contributed by atoms with Crippen LogP contribution in [0.4, 0.5) is 0 Å². The third-order valence-corrected chi connectivity index (χ3v) is 3.72. The van der Waals surface area contributed by atoms with Crippen LogP contribution in [0.25, 0.3) is 0 Å². The normalized spacial score (nSPS) is 20.3. The van der Waals surface area contributed by atoms with E-state index in [0.717, 1.165) is 6.54 Å². The Morgan fingerprint density at radius 2 is 1.80 bits per heavy atom. The standard InChI is InChI=1S/C13H25NO/c1-5-13(8-6-7-9-13)10-14-11(15)12(2,3)4/h5-10H2,1-4H3,(H,14,15). The van der Waals surface area contributed by atoms with E-state index in [-0.39, 0.29) is 11.3 Å². The molecule has 0 atom stereocenters. The monoisotopic (exact) mass is 211 g/mol. The molecule has 2 nitrogen and oxygen atoms in total. The van der Waals surface area contributed by atoms with Crippen LogP contribution in [-0.4, -0.2) is 12.5 Å². The molecular weight excluding hydrogens is 186 g/mol. The van der Waals surface area contributed by atoms with E-state index in [1.807, 2.05) is 20.8 Å². The van der Waals surface area contributed by atoms with Crippen LogP contribution >= 0.6 is 0 Å². The fourth-order valence-corrected chi connectivity index (χ4v) is 2.31. The Labute approximate surface area is 93.8 Å². The van der Waals surface area contributed by atoms with Gasteiger partial charge in [0.1, 0.15) is 0 Å². The van der Waals surface area contributed by atoms with Crippen LogP contribution in [0.15, 0.2) is 0 Å². The van der Waals surface area contributed by atoms with E-state index in [0.29, 0.717) is 5.41 Å². The van der Waals surface area contributed by atoms with E-state index in [1.54, 1.807) is 0 Å². The van der Waals surface area contributed by atoms with Gasteiger partial charge in [-0.1, -0.05) is 40.5 Å². The van der Waals surface area contributed by atoms with Crippen LogP contribution in [0, 0.1) is 10.8 Å². The van der Waals surface area contributed by atoms with E-state index >= 15 is 0 Å². The largest absolute Gasteiger partial charge is 0.355 e. The maximum Gasteiger partial charge on any atom is 0.225 e. The molecule has 1 rings (SSSR count). The van der Waals surface area contributed by atoms with Gasteiger partial charge in [0.05, 0.1) is 0 Å². The van der Waals surface area contributed by atoms with E-state index < -0.39 is 0 Å². The Balaban J connectivity index is 2.45. The second-order valence-corrected chi connectivity index (χ2v) is 5.99. The molecule has 0 aliphatic heterocycles. The molecule has 1 saturated carbocycles. The molecule has 2 heteroatoms. The number of amides is 1. The Morgan fingerprint density at radius 1 is 1.27 bits per heavy atom. The molecule has 0 unspecified atom stereocenters. The SMILES string of the molecule is CCC1(CNC(=O)C(C)(C)C)CCCC1. The van der Waals surface area contributed by atoms with Gasteiger partial charge in [-0.3, -0.25) is 4.79 Å². The van der Waals surface area contributed by atoms with E-state index in [2.05, 4.69) is 12.2 Å². The highest BCUT2D eigenvalue weighted by Crippen LogP contribution is 2.40. The zero-order chi connectivity index (χ0) is 11.5. The molecule has 0 aromatic carbocycles. The lowest BCUT2D eigenvalue weighted by Gasteiger charge is -2.29. The first-order chi connectivity index (χ1) is 6.90. The Kier molecular flexibility index (Phi) is 3.80. The van der Waals surface area contributed by atoms with Crippen molar-refractivity contribution in [2.45, 2.75) is 59.8 Å². The third kappa shape index (κ3) is 3.22. The minimum absolute atomic E-state index is 0.183. The van der Waals surface area contributed by atoms with Gasteiger partial charge in [0, 0.05) is 12.0 Å². The van der Waals surface area contributed by atoms with Crippen molar-refractivity contribution in [1.82, 2.24) is 5.32 Å². The summed E-state index contributed by atoms with van der Waals surface area (Å²) in [5.74, 6) is 0.183. The molecule has 88 valence electrons. The minimum atomic E-state index is -0.256. The fourth-order valence-electron chi connectivity index (χ4n) is 2.31. The van der Waals surface area contributed by atoms with Crippen molar-refractivity contribution in [3.8, 4) is 0 Å². The van der Waals surface area contributed by atoms with Gasteiger partial charge in [-0.05, 0) is 24.7 Å². The van der Waals surface area contributed by atoms with Gasteiger partial charge in [0.2, 0.25) is 5.91 Å². The maximum absolute atomic E-state index is 11.8. The summed E-state index contributed by atoms with van der Waals surface area (Å²) < 4.78 is 0. The van der Waals surface area contributed by atoms with Crippen molar-refractivity contribution in [2.24, 2.45) is 10.8 Å². The van der Waals surface area contributed by atoms with Crippen LogP contribution < -0.4 is 5.32 Å². The van der Waals surface area contributed by atoms with Crippen LogP contribution in [-0.2, 0) is 4.79 Å². The minimum Gasteiger partial charge on any atom is -0.355 e. The van der Waals surface area contributed by atoms with Crippen molar-refractivity contribution in [3.63, 3.8) is 0 Å². The van der Waals surface area contributed by atoms with Gasteiger partial charge in [0.15, 0.2) is 0 Å². The molecule has 0 aromatic heterocycles. The first-order valence-corrected chi connectivity index (χ1v) is 6.18. The molecular formula is C13H25NO. The zero-order valence-electron chi connectivity index (χ0n) is 10.7. The molecule has 1 aliphatic rings. The van der Waals surface area contributed by atoms with Gasteiger partial charge in [-0.25, -0.2) is 0 Å². The van der Waals surface area contributed by atoms with Crippen LogP contribution in [0.3, 0.4) is 0 Å². The Hall–Kier alpha value is -0.530. The molecule has 0 radical (unpaired) electrons. The van der Waals surface area contributed by atoms with Gasteiger partial charge < -0.3 is 5.32 Å². The zero-order valence-corrected chi connectivity index (χ0v) is 10.7.